The summed E-state index contributed by atoms with van der Waals surface area (Å²) in [6.07, 6.45) is 0. The molecule has 1 fully saturated rings. The molecule has 102 valence electrons. The number of hydrogen-bond donors (Lipinski definition) is 0. The van der Waals surface area contributed by atoms with E-state index in [9.17, 15) is 9.59 Å². The maximum atomic E-state index is 12.3. The van der Waals surface area contributed by atoms with Gasteiger partial charge < -0.3 is 4.90 Å². The van der Waals surface area contributed by atoms with E-state index in [0.29, 0.717) is 0 Å². The van der Waals surface area contributed by atoms with Crippen LogP contribution in [0.5, 0.6) is 0 Å². The van der Waals surface area contributed by atoms with Gasteiger partial charge in [0.05, 0.1) is 16.9 Å². The first-order chi connectivity index (χ1) is 8.95. The third-order valence-corrected chi connectivity index (χ3v) is 3.96. The number of halogens is 1. The van der Waals surface area contributed by atoms with E-state index in [1.165, 1.54) is 4.90 Å². The van der Waals surface area contributed by atoms with Gasteiger partial charge in [0.2, 0.25) is 5.91 Å². The second-order valence-electron chi connectivity index (χ2n) is 4.81. The average Bonchev–Trinajstić information content (AvgIpc) is 2.63. The van der Waals surface area contributed by atoms with Gasteiger partial charge in [-0.2, -0.15) is 0 Å². The molecule has 1 aromatic rings. The van der Waals surface area contributed by atoms with Crippen molar-refractivity contribution >= 4 is 27.9 Å². The van der Waals surface area contributed by atoms with Crippen LogP contribution in [0.1, 0.15) is 25.5 Å². The van der Waals surface area contributed by atoms with Crippen LogP contribution in [0.4, 0.5) is 4.79 Å². The molecule has 5 heteroatoms. The van der Waals surface area contributed by atoms with E-state index in [0.717, 1.165) is 5.56 Å². The molecule has 0 bridgehead atoms. The zero-order chi connectivity index (χ0) is 14.2. The molecule has 1 aliphatic rings. The predicted octanol–water partition coefficient (Wildman–Crippen LogP) is 2.79. The Morgan fingerprint density at radius 2 is 1.89 bits per heavy atom. The number of urea groups is 1. The third kappa shape index (κ3) is 2.39. The summed E-state index contributed by atoms with van der Waals surface area (Å²) in [5.74, 6) is -0.199. The van der Waals surface area contributed by atoms with Crippen molar-refractivity contribution in [1.82, 2.24) is 9.80 Å². The largest absolute Gasteiger partial charge is 0.327 e. The molecule has 1 aromatic carbocycles. The van der Waals surface area contributed by atoms with E-state index < -0.39 is 0 Å². The molecule has 3 atom stereocenters. The lowest BCUT2D eigenvalue weighted by atomic mass is 10.0. The van der Waals surface area contributed by atoms with Crippen molar-refractivity contribution in [1.29, 1.82) is 0 Å². The van der Waals surface area contributed by atoms with Crippen molar-refractivity contribution < 1.29 is 9.59 Å². The zero-order valence-corrected chi connectivity index (χ0v) is 12.8. The van der Waals surface area contributed by atoms with Crippen LogP contribution in [0.15, 0.2) is 30.3 Å². The van der Waals surface area contributed by atoms with Gasteiger partial charge >= 0.3 is 6.03 Å². The first-order valence-electron chi connectivity index (χ1n) is 6.24. The van der Waals surface area contributed by atoms with Gasteiger partial charge in [-0.3, -0.25) is 9.69 Å². The number of amides is 3. The van der Waals surface area contributed by atoms with Crippen molar-refractivity contribution in [2.45, 2.75) is 30.8 Å². The minimum Gasteiger partial charge on any atom is -0.322 e. The lowest BCUT2D eigenvalue weighted by Gasteiger charge is -2.25. The highest BCUT2D eigenvalue weighted by Crippen LogP contribution is 2.35. The van der Waals surface area contributed by atoms with Gasteiger partial charge in [0.15, 0.2) is 0 Å². The first-order valence-corrected chi connectivity index (χ1v) is 7.15. The highest BCUT2D eigenvalue weighted by molar-refractivity contribution is 9.10. The number of likely N-dealkylation sites (N-methyl/N-ethyl adjacent to an activating group) is 1. The van der Waals surface area contributed by atoms with E-state index in [1.54, 1.807) is 18.9 Å². The lowest BCUT2D eigenvalue weighted by Crippen LogP contribution is -2.39. The Labute approximate surface area is 121 Å². The molecule has 0 N–H and O–H groups in total. The van der Waals surface area contributed by atoms with Crippen molar-refractivity contribution in [2.75, 3.05) is 7.05 Å². The Morgan fingerprint density at radius 1 is 1.32 bits per heavy atom. The third-order valence-electron chi connectivity index (χ3n) is 3.57. The molecular formula is C14H17BrN2O2. The number of rotatable bonds is 2. The molecule has 1 saturated heterocycles. The Balaban J connectivity index is 2.43. The summed E-state index contributed by atoms with van der Waals surface area (Å²) in [4.78, 5) is 27.1. The first kappa shape index (κ1) is 14.1. The minimum atomic E-state index is -0.374. The summed E-state index contributed by atoms with van der Waals surface area (Å²) in [5, 5.41) is 0. The predicted molar refractivity (Wildman–Crippen MR) is 77.0 cm³/mol. The minimum absolute atomic E-state index is 0.0369. The van der Waals surface area contributed by atoms with Crippen LogP contribution in [-0.2, 0) is 4.79 Å². The number of imide groups is 1. The number of benzene rings is 1. The molecule has 0 aromatic heterocycles. The second-order valence-corrected chi connectivity index (χ2v) is 6.19. The van der Waals surface area contributed by atoms with E-state index in [1.807, 2.05) is 37.3 Å². The van der Waals surface area contributed by atoms with Crippen molar-refractivity contribution in [3.05, 3.63) is 35.9 Å². The zero-order valence-electron chi connectivity index (χ0n) is 11.2. The highest BCUT2D eigenvalue weighted by atomic mass is 79.9. The van der Waals surface area contributed by atoms with Crippen molar-refractivity contribution in [3.8, 4) is 0 Å². The SMILES string of the molecule is CC(Br)C(=O)N1C(=O)N(C)[C@@H](C)[C@H]1c1ccccc1. The van der Waals surface area contributed by atoms with E-state index in [-0.39, 0.29) is 28.8 Å². The van der Waals surface area contributed by atoms with Gasteiger partial charge in [-0.1, -0.05) is 46.3 Å². The molecule has 4 nitrogen and oxygen atoms in total. The summed E-state index contributed by atoms with van der Waals surface area (Å²) in [7, 11) is 1.73. The summed E-state index contributed by atoms with van der Waals surface area (Å²) in [6.45, 7) is 3.70. The van der Waals surface area contributed by atoms with Gasteiger partial charge in [-0.15, -0.1) is 0 Å². The lowest BCUT2D eigenvalue weighted by molar-refractivity contribution is -0.128. The molecule has 0 radical (unpaired) electrons. The fraction of sp³-hybridized carbons (Fsp3) is 0.429. The molecule has 1 heterocycles. The Morgan fingerprint density at radius 3 is 2.42 bits per heavy atom. The maximum absolute atomic E-state index is 12.3. The van der Waals surface area contributed by atoms with E-state index >= 15 is 0 Å². The number of carbonyl (C=O) groups is 2. The van der Waals surface area contributed by atoms with Gasteiger partial charge in [-0.05, 0) is 19.4 Å². The molecule has 1 unspecified atom stereocenters. The van der Waals surface area contributed by atoms with E-state index in [2.05, 4.69) is 15.9 Å². The molecule has 2 rings (SSSR count). The standard InChI is InChI=1S/C14H17BrN2O2/c1-9(15)13(18)17-12(10(2)16(3)14(17)19)11-7-5-4-6-8-11/h4-10,12H,1-3H3/t9?,10-,12-/m0/s1. The van der Waals surface area contributed by atoms with Crippen LogP contribution in [0.2, 0.25) is 0 Å². The normalized spacial score (nSPS) is 24.7. The number of nitrogens with zero attached hydrogens (tertiary/aromatic N) is 2. The van der Waals surface area contributed by atoms with Crippen LogP contribution < -0.4 is 0 Å². The van der Waals surface area contributed by atoms with Gasteiger partial charge in [0.1, 0.15) is 0 Å². The highest BCUT2D eigenvalue weighted by Gasteiger charge is 2.46. The van der Waals surface area contributed by atoms with Crippen molar-refractivity contribution in [3.63, 3.8) is 0 Å². The molecule has 0 aliphatic carbocycles. The summed E-state index contributed by atoms with van der Waals surface area (Å²) < 4.78 is 0. The second kappa shape index (κ2) is 5.33. The monoisotopic (exact) mass is 324 g/mol. The fourth-order valence-electron chi connectivity index (χ4n) is 2.39. The number of hydrogen-bond acceptors (Lipinski definition) is 2. The topological polar surface area (TPSA) is 40.6 Å². The van der Waals surface area contributed by atoms with Crippen LogP contribution >= 0.6 is 15.9 Å². The van der Waals surface area contributed by atoms with Crippen LogP contribution in [-0.4, -0.2) is 39.7 Å². The Hall–Kier alpha value is -1.36. The molecule has 0 saturated carbocycles. The average molecular weight is 325 g/mol. The molecule has 3 amide bonds. The van der Waals surface area contributed by atoms with Gasteiger partial charge in [0, 0.05) is 7.05 Å². The fourth-order valence-corrected chi connectivity index (χ4v) is 2.61. The Bertz CT molecular complexity index is 481. The number of carbonyl (C=O) groups excluding carboxylic acids is 2. The van der Waals surface area contributed by atoms with Gasteiger partial charge in [-0.25, -0.2) is 4.79 Å². The van der Waals surface area contributed by atoms with Crippen LogP contribution in [0.3, 0.4) is 0 Å². The Kier molecular flexibility index (Phi) is 3.94. The summed E-state index contributed by atoms with van der Waals surface area (Å²) >= 11 is 3.26. The van der Waals surface area contributed by atoms with Crippen molar-refractivity contribution in [2.24, 2.45) is 0 Å². The molecule has 19 heavy (non-hydrogen) atoms. The molecular weight excluding hydrogens is 308 g/mol. The quantitative estimate of drug-likeness (QED) is 0.785. The van der Waals surface area contributed by atoms with Gasteiger partial charge in [0.25, 0.3) is 0 Å². The number of alkyl halides is 1. The van der Waals surface area contributed by atoms with Crippen LogP contribution in [0.25, 0.3) is 0 Å². The molecule has 0 spiro atoms. The van der Waals surface area contributed by atoms with E-state index in [4.69, 9.17) is 0 Å². The summed E-state index contributed by atoms with van der Waals surface area (Å²) in [6, 6.07) is 9.16. The molecule has 1 aliphatic heterocycles. The smallest absolute Gasteiger partial charge is 0.322 e. The summed E-state index contributed by atoms with van der Waals surface area (Å²) in [5.41, 5.74) is 0.981. The van der Waals surface area contributed by atoms with Crippen LogP contribution in [0, 0.1) is 0 Å². The maximum Gasteiger partial charge on any atom is 0.327 e.